The summed E-state index contributed by atoms with van der Waals surface area (Å²) in [7, 11) is 0. The van der Waals surface area contributed by atoms with Gasteiger partial charge >= 0.3 is 0 Å². The lowest BCUT2D eigenvalue weighted by Gasteiger charge is -2.45. The molecule has 3 atom stereocenters. The number of ether oxygens (including phenoxy) is 2. The Bertz CT molecular complexity index is 1160. The average molecular weight is 474 g/mol. The molecule has 5 rings (SSSR count). The Kier molecular flexibility index (Phi) is 6.37. The summed E-state index contributed by atoms with van der Waals surface area (Å²) in [5, 5.41) is 20.0. The number of rotatable bonds is 6. The number of aromatic hydroxyl groups is 2. The molecule has 3 aromatic carbocycles. The highest BCUT2D eigenvalue weighted by molar-refractivity contribution is 5.50. The van der Waals surface area contributed by atoms with Crippen molar-refractivity contribution in [1.82, 2.24) is 4.90 Å². The van der Waals surface area contributed by atoms with Gasteiger partial charge in [-0.25, -0.2) is 0 Å². The van der Waals surface area contributed by atoms with E-state index < -0.39 is 0 Å². The predicted molar refractivity (Wildman–Crippen MR) is 138 cm³/mol. The molecule has 3 aromatic rings. The quantitative estimate of drug-likeness (QED) is 0.459. The van der Waals surface area contributed by atoms with E-state index in [2.05, 4.69) is 37.8 Å². The fourth-order valence-electron chi connectivity index (χ4n) is 5.68. The maximum absolute atomic E-state index is 10.2. The van der Waals surface area contributed by atoms with E-state index in [0.717, 1.165) is 53.7 Å². The molecule has 1 fully saturated rings. The zero-order valence-electron chi connectivity index (χ0n) is 20.8. The highest BCUT2D eigenvalue weighted by Crippen LogP contribution is 2.55. The molecule has 0 unspecified atom stereocenters. The van der Waals surface area contributed by atoms with E-state index in [-0.39, 0.29) is 28.9 Å². The van der Waals surface area contributed by atoms with Crippen LogP contribution >= 0.6 is 0 Å². The van der Waals surface area contributed by atoms with Crippen LogP contribution < -0.4 is 9.47 Å². The molecule has 0 radical (unpaired) electrons. The average Bonchev–Trinajstić information content (AvgIpc) is 3.25. The molecule has 2 aliphatic rings. The van der Waals surface area contributed by atoms with Crippen LogP contribution in [0.1, 0.15) is 55.9 Å². The largest absolute Gasteiger partial charge is 0.508 e. The molecule has 5 heteroatoms. The SMILES string of the molecule is C[C@@H]1CCN(CCOc2ccc([C@@H]3Oc4ccc(O)cc4C(C)(C)[C@@H]3c3ccc(O)cc3)cc2)C1. The minimum atomic E-state index is -0.323. The van der Waals surface area contributed by atoms with Gasteiger partial charge in [0, 0.05) is 30.0 Å². The molecule has 0 amide bonds. The van der Waals surface area contributed by atoms with Crippen molar-refractivity contribution in [3.63, 3.8) is 0 Å². The van der Waals surface area contributed by atoms with Crippen LogP contribution in [-0.4, -0.2) is 41.4 Å². The lowest BCUT2D eigenvalue weighted by atomic mass is 9.65. The molecule has 2 N–H and O–H groups in total. The summed E-state index contributed by atoms with van der Waals surface area (Å²) in [6.07, 6.45) is 1.05. The van der Waals surface area contributed by atoms with Crippen molar-refractivity contribution in [3.05, 3.63) is 83.4 Å². The Morgan fingerprint density at radius 2 is 1.63 bits per heavy atom. The highest BCUT2D eigenvalue weighted by Gasteiger charge is 2.45. The minimum absolute atomic E-state index is 0.0266. The zero-order chi connectivity index (χ0) is 24.6. The van der Waals surface area contributed by atoms with Gasteiger partial charge in [-0.3, -0.25) is 4.90 Å². The second-order valence-corrected chi connectivity index (χ2v) is 10.6. The van der Waals surface area contributed by atoms with Gasteiger partial charge in [-0.2, -0.15) is 0 Å². The molecule has 0 aromatic heterocycles. The smallest absolute Gasteiger partial charge is 0.131 e. The Balaban J connectivity index is 1.40. The van der Waals surface area contributed by atoms with Gasteiger partial charge in [0.2, 0.25) is 0 Å². The summed E-state index contributed by atoms with van der Waals surface area (Å²) in [5.74, 6) is 2.87. The normalized spacial score (nSPS) is 23.5. The van der Waals surface area contributed by atoms with Gasteiger partial charge in [0.25, 0.3) is 0 Å². The van der Waals surface area contributed by atoms with Crippen LogP contribution in [0.2, 0.25) is 0 Å². The summed E-state index contributed by atoms with van der Waals surface area (Å²) < 4.78 is 12.6. The molecular weight excluding hydrogens is 438 g/mol. The van der Waals surface area contributed by atoms with E-state index in [4.69, 9.17) is 9.47 Å². The van der Waals surface area contributed by atoms with Crippen LogP contribution in [0.4, 0.5) is 0 Å². The number of hydrogen-bond acceptors (Lipinski definition) is 5. The van der Waals surface area contributed by atoms with Gasteiger partial charge in [-0.05, 0) is 72.5 Å². The van der Waals surface area contributed by atoms with Gasteiger partial charge in [0.1, 0.15) is 35.7 Å². The number of phenols is 2. The zero-order valence-corrected chi connectivity index (χ0v) is 20.8. The molecule has 0 bridgehead atoms. The highest BCUT2D eigenvalue weighted by atomic mass is 16.5. The first kappa shape index (κ1) is 23.6. The number of phenolic OH excluding ortho intramolecular Hbond substituents is 2. The van der Waals surface area contributed by atoms with Crippen molar-refractivity contribution < 1.29 is 19.7 Å². The third-order valence-electron chi connectivity index (χ3n) is 7.64. The summed E-state index contributed by atoms with van der Waals surface area (Å²) in [5.41, 5.74) is 2.79. The van der Waals surface area contributed by atoms with E-state index in [1.54, 1.807) is 24.3 Å². The summed E-state index contributed by atoms with van der Waals surface area (Å²) in [6.45, 7) is 10.7. The number of hydrogen-bond donors (Lipinski definition) is 2. The van der Waals surface area contributed by atoms with Crippen molar-refractivity contribution in [2.75, 3.05) is 26.2 Å². The maximum atomic E-state index is 10.2. The van der Waals surface area contributed by atoms with E-state index in [1.165, 1.54) is 6.42 Å². The Morgan fingerprint density at radius 3 is 2.31 bits per heavy atom. The van der Waals surface area contributed by atoms with E-state index in [9.17, 15) is 10.2 Å². The molecule has 184 valence electrons. The van der Waals surface area contributed by atoms with Crippen molar-refractivity contribution in [2.24, 2.45) is 5.92 Å². The molecule has 35 heavy (non-hydrogen) atoms. The minimum Gasteiger partial charge on any atom is -0.508 e. The number of nitrogens with zero attached hydrogens (tertiary/aromatic N) is 1. The van der Waals surface area contributed by atoms with Crippen LogP contribution in [0.25, 0.3) is 0 Å². The standard InChI is InChI=1S/C30H35NO4/c1-20-14-15-31(19-20)16-17-34-25-11-6-22(7-12-25)29-28(21-4-8-23(32)9-5-21)30(2,3)26-18-24(33)10-13-27(26)35-29/h4-13,18,20,28-29,32-33H,14-17,19H2,1-3H3/t20-,28-,29+/m1/s1. The molecule has 0 spiro atoms. The Morgan fingerprint density at radius 1 is 0.943 bits per heavy atom. The first-order valence-electron chi connectivity index (χ1n) is 12.6. The van der Waals surface area contributed by atoms with Crippen LogP contribution in [-0.2, 0) is 5.41 Å². The lowest BCUT2D eigenvalue weighted by molar-refractivity contribution is 0.104. The van der Waals surface area contributed by atoms with Crippen LogP contribution in [0.5, 0.6) is 23.0 Å². The predicted octanol–water partition coefficient (Wildman–Crippen LogP) is 6.01. The second kappa shape index (κ2) is 9.46. The molecular formula is C30H35NO4. The monoisotopic (exact) mass is 473 g/mol. The van der Waals surface area contributed by atoms with Gasteiger partial charge < -0.3 is 19.7 Å². The molecule has 1 saturated heterocycles. The van der Waals surface area contributed by atoms with Crippen LogP contribution in [0.3, 0.4) is 0 Å². The summed E-state index contributed by atoms with van der Waals surface area (Å²) in [6, 6.07) is 20.9. The molecule has 2 heterocycles. The first-order valence-corrected chi connectivity index (χ1v) is 12.6. The van der Waals surface area contributed by atoms with Crippen LogP contribution in [0, 0.1) is 5.92 Å². The van der Waals surface area contributed by atoms with Gasteiger partial charge in [0.05, 0.1) is 0 Å². The number of benzene rings is 3. The third-order valence-corrected chi connectivity index (χ3v) is 7.64. The fraction of sp³-hybridized carbons (Fsp3) is 0.400. The molecule has 0 saturated carbocycles. The van der Waals surface area contributed by atoms with E-state index >= 15 is 0 Å². The first-order chi connectivity index (χ1) is 16.8. The topological polar surface area (TPSA) is 62.2 Å². The number of likely N-dealkylation sites (tertiary alicyclic amines) is 1. The molecule has 5 nitrogen and oxygen atoms in total. The number of fused-ring (bicyclic) bond motifs is 1. The van der Waals surface area contributed by atoms with E-state index in [0.29, 0.717) is 6.61 Å². The van der Waals surface area contributed by atoms with Crippen molar-refractivity contribution in [3.8, 4) is 23.0 Å². The second-order valence-electron chi connectivity index (χ2n) is 10.6. The summed E-state index contributed by atoms with van der Waals surface area (Å²) >= 11 is 0. The Hall–Kier alpha value is -3.18. The molecule has 2 aliphatic heterocycles. The third kappa shape index (κ3) is 4.83. The summed E-state index contributed by atoms with van der Waals surface area (Å²) in [4.78, 5) is 2.47. The molecule has 0 aliphatic carbocycles. The van der Waals surface area contributed by atoms with Gasteiger partial charge in [0.15, 0.2) is 0 Å². The van der Waals surface area contributed by atoms with Crippen LogP contribution in [0.15, 0.2) is 66.7 Å². The van der Waals surface area contributed by atoms with Gasteiger partial charge in [-0.1, -0.05) is 45.0 Å². The van der Waals surface area contributed by atoms with Gasteiger partial charge in [-0.15, -0.1) is 0 Å². The van der Waals surface area contributed by atoms with Crippen molar-refractivity contribution in [1.29, 1.82) is 0 Å². The lowest BCUT2D eigenvalue weighted by Crippen LogP contribution is -2.38. The fourth-order valence-corrected chi connectivity index (χ4v) is 5.68. The maximum Gasteiger partial charge on any atom is 0.131 e. The van der Waals surface area contributed by atoms with Crippen molar-refractivity contribution >= 4 is 0 Å². The van der Waals surface area contributed by atoms with Crippen molar-refractivity contribution in [2.45, 2.75) is 44.6 Å². The Labute approximate surface area is 207 Å². The van der Waals surface area contributed by atoms with E-state index in [1.807, 2.05) is 30.3 Å².